The second kappa shape index (κ2) is 8.35. The first-order valence-corrected chi connectivity index (χ1v) is 8.74. The molecule has 0 unspecified atom stereocenters. The van der Waals surface area contributed by atoms with Crippen LogP contribution in [0.1, 0.15) is 18.1 Å². The number of ether oxygens (including phenoxy) is 1. The fraction of sp³-hybridized carbons (Fsp3) is 0.250. The number of imide groups is 1. The summed E-state index contributed by atoms with van der Waals surface area (Å²) in [5.41, 5.74) is 2.37. The molecule has 7 heteroatoms. The van der Waals surface area contributed by atoms with Crippen LogP contribution in [-0.4, -0.2) is 35.9 Å². The van der Waals surface area contributed by atoms with Crippen molar-refractivity contribution in [2.45, 2.75) is 19.9 Å². The fourth-order valence-corrected chi connectivity index (χ4v) is 2.82. The van der Waals surface area contributed by atoms with Gasteiger partial charge >= 0.3 is 6.03 Å². The van der Waals surface area contributed by atoms with Gasteiger partial charge in [0.15, 0.2) is 6.61 Å². The summed E-state index contributed by atoms with van der Waals surface area (Å²) in [6.07, 6.45) is 0.822. The van der Waals surface area contributed by atoms with Gasteiger partial charge < -0.3 is 15.4 Å². The molecule has 2 aromatic carbocycles. The van der Waals surface area contributed by atoms with E-state index in [0.29, 0.717) is 11.4 Å². The van der Waals surface area contributed by atoms with Crippen LogP contribution in [0.25, 0.3) is 0 Å². The molecule has 0 atom stereocenters. The zero-order chi connectivity index (χ0) is 19.2. The Balaban J connectivity index is 1.58. The number of rotatable bonds is 7. The molecule has 1 heterocycles. The molecule has 2 aromatic rings. The molecule has 140 valence electrons. The van der Waals surface area contributed by atoms with Crippen molar-refractivity contribution >= 4 is 23.5 Å². The highest BCUT2D eigenvalue weighted by molar-refractivity contribution is 6.01. The normalized spacial score (nSPS) is 13.4. The molecular formula is C20H21N3O4. The van der Waals surface area contributed by atoms with E-state index in [9.17, 15) is 14.4 Å². The van der Waals surface area contributed by atoms with Crippen LogP contribution in [0.2, 0.25) is 0 Å². The van der Waals surface area contributed by atoms with Gasteiger partial charge in [0, 0.05) is 5.69 Å². The van der Waals surface area contributed by atoms with E-state index in [2.05, 4.69) is 10.6 Å². The van der Waals surface area contributed by atoms with E-state index >= 15 is 0 Å². The summed E-state index contributed by atoms with van der Waals surface area (Å²) in [6, 6.07) is 14.2. The van der Waals surface area contributed by atoms with E-state index in [0.717, 1.165) is 22.4 Å². The number of carbonyl (C=O) groups excluding carboxylic acids is 3. The lowest BCUT2D eigenvalue weighted by molar-refractivity contribution is -0.125. The van der Waals surface area contributed by atoms with Crippen molar-refractivity contribution in [3.05, 3.63) is 59.7 Å². The highest BCUT2D eigenvalue weighted by atomic mass is 16.5. The highest BCUT2D eigenvalue weighted by Crippen LogP contribution is 2.18. The minimum absolute atomic E-state index is 0.0197. The number of aryl methyl sites for hydroxylation is 1. The van der Waals surface area contributed by atoms with Crippen molar-refractivity contribution in [2.24, 2.45) is 0 Å². The SMILES string of the molecule is CCc1ccccc1OCC(=O)Nc1cccc(CN2C(=O)CNC2=O)c1. The summed E-state index contributed by atoms with van der Waals surface area (Å²) in [6.45, 7) is 2.11. The van der Waals surface area contributed by atoms with E-state index in [1.807, 2.05) is 31.2 Å². The number of urea groups is 1. The van der Waals surface area contributed by atoms with Crippen molar-refractivity contribution in [3.8, 4) is 5.75 Å². The van der Waals surface area contributed by atoms with Crippen molar-refractivity contribution in [1.29, 1.82) is 0 Å². The number of para-hydroxylation sites is 1. The van der Waals surface area contributed by atoms with Crippen LogP contribution < -0.4 is 15.4 Å². The first kappa shape index (κ1) is 18.4. The number of nitrogens with zero attached hydrogens (tertiary/aromatic N) is 1. The molecule has 0 aliphatic carbocycles. The third-order valence-electron chi connectivity index (χ3n) is 4.20. The summed E-state index contributed by atoms with van der Waals surface area (Å²) in [7, 11) is 0. The second-order valence-corrected chi connectivity index (χ2v) is 6.14. The van der Waals surface area contributed by atoms with Crippen molar-refractivity contribution < 1.29 is 19.1 Å². The molecular weight excluding hydrogens is 346 g/mol. The first-order chi connectivity index (χ1) is 13.1. The Hall–Kier alpha value is -3.35. The van der Waals surface area contributed by atoms with E-state index in [1.165, 1.54) is 0 Å². The van der Waals surface area contributed by atoms with Gasteiger partial charge in [-0.15, -0.1) is 0 Å². The van der Waals surface area contributed by atoms with Gasteiger partial charge in [-0.1, -0.05) is 37.3 Å². The van der Waals surface area contributed by atoms with Gasteiger partial charge in [-0.05, 0) is 35.7 Å². The van der Waals surface area contributed by atoms with Crippen LogP contribution in [0, 0.1) is 0 Å². The topological polar surface area (TPSA) is 87.7 Å². The molecule has 0 spiro atoms. The van der Waals surface area contributed by atoms with E-state index < -0.39 is 6.03 Å². The van der Waals surface area contributed by atoms with Gasteiger partial charge in [0.2, 0.25) is 5.91 Å². The Morgan fingerprint density at radius 3 is 2.74 bits per heavy atom. The third-order valence-corrected chi connectivity index (χ3v) is 4.20. The molecule has 1 aliphatic heterocycles. The lowest BCUT2D eigenvalue weighted by Crippen LogP contribution is -2.30. The molecule has 0 radical (unpaired) electrons. The van der Waals surface area contributed by atoms with Gasteiger partial charge in [0.25, 0.3) is 5.91 Å². The summed E-state index contributed by atoms with van der Waals surface area (Å²) in [5.74, 6) is 0.146. The van der Waals surface area contributed by atoms with Gasteiger partial charge in [0.1, 0.15) is 5.75 Å². The van der Waals surface area contributed by atoms with Gasteiger partial charge in [-0.25, -0.2) is 4.79 Å². The van der Waals surface area contributed by atoms with Crippen LogP contribution in [0.4, 0.5) is 10.5 Å². The Morgan fingerprint density at radius 2 is 2.00 bits per heavy atom. The molecule has 4 amide bonds. The Bertz CT molecular complexity index is 850. The number of anilines is 1. The van der Waals surface area contributed by atoms with Crippen LogP contribution >= 0.6 is 0 Å². The molecule has 0 aromatic heterocycles. The Kier molecular flexibility index (Phi) is 5.71. The molecule has 1 saturated heterocycles. The van der Waals surface area contributed by atoms with Gasteiger partial charge in [-0.2, -0.15) is 0 Å². The molecule has 0 saturated carbocycles. The maximum atomic E-state index is 12.2. The number of benzene rings is 2. The van der Waals surface area contributed by atoms with Crippen molar-refractivity contribution in [3.63, 3.8) is 0 Å². The summed E-state index contributed by atoms with van der Waals surface area (Å²) in [5, 5.41) is 5.25. The molecule has 27 heavy (non-hydrogen) atoms. The minimum atomic E-state index is -0.405. The van der Waals surface area contributed by atoms with Crippen LogP contribution in [0.3, 0.4) is 0 Å². The molecule has 3 rings (SSSR count). The zero-order valence-corrected chi connectivity index (χ0v) is 15.0. The Labute approximate surface area is 157 Å². The predicted octanol–water partition coefficient (Wildman–Crippen LogP) is 2.32. The molecule has 0 bridgehead atoms. The number of hydrogen-bond donors (Lipinski definition) is 2. The summed E-state index contributed by atoms with van der Waals surface area (Å²) < 4.78 is 5.61. The van der Waals surface area contributed by atoms with Crippen LogP contribution in [0.15, 0.2) is 48.5 Å². The summed E-state index contributed by atoms with van der Waals surface area (Å²) >= 11 is 0. The van der Waals surface area contributed by atoms with E-state index in [-0.39, 0.29) is 31.5 Å². The smallest absolute Gasteiger partial charge is 0.324 e. The number of carbonyl (C=O) groups is 3. The number of hydrogen-bond acceptors (Lipinski definition) is 4. The molecule has 1 aliphatic rings. The molecule has 2 N–H and O–H groups in total. The van der Waals surface area contributed by atoms with Crippen molar-refractivity contribution in [2.75, 3.05) is 18.5 Å². The largest absolute Gasteiger partial charge is 0.483 e. The number of nitrogens with one attached hydrogen (secondary N) is 2. The fourth-order valence-electron chi connectivity index (χ4n) is 2.82. The van der Waals surface area contributed by atoms with Gasteiger partial charge in [-0.3, -0.25) is 14.5 Å². The Morgan fingerprint density at radius 1 is 1.19 bits per heavy atom. The van der Waals surface area contributed by atoms with Gasteiger partial charge in [0.05, 0.1) is 13.1 Å². The van der Waals surface area contributed by atoms with Crippen molar-refractivity contribution in [1.82, 2.24) is 10.2 Å². The van der Waals surface area contributed by atoms with Crippen LogP contribution in [0.5, 0.6) is 5.75 Å². The quantitative estimate of drug-likeness (QED) is 0.735. The molecule has 7 nitrogen and oxygen atoms in total. The van der Waals surface area contributed by atoms with Crippen LogP contribution in [-0.2, 0) is 22.6 Å². The average Bonchev–Trinajstić information content (AvgIpc) is 2.99. The monoisotopic (exact) mass is 367 g/mol. The first-order valence-electron chi connectivity index (χ1n) is 8.74. The van der Waals surface area contributed by atoms with E-state index in [1.54, 1.807) is 24.3 Å². The zero-order valence-electron chi connectivity index (χ0n) is 15.0. The highest BCUT2D eigenvalue weighted by Gasteiger charge is 2.28. The minimum Gasteiger partial charge on any atom is -0.483 e. The third kappa shape index (κ3) is 4.63. The molecule has 1 fully saturated rings. The van der Waals surface area contributed by atoms with E-state index in [4.69, 9.17) is 4.74 Å². The number of amides is 4. The predicted molar refractivity (Wildman–Crippen MR) is 100 cm³/mol. The summed E-state index contributed by atoms with van der Waals surface area (Å²) in [4.78, 5) is 36.6. The lowest BCUT2D eigenvalue weighted by Gasteiger charge is -2.14. The second-order valence-electron chi connectivity index (χ2n) is 6.14. The lowest BCUT2D eigenvalue weighted by atomic mass is 10.1. The standard InChI is InChI=1S/C20H21N3O4/c1-2-15-7-3-4-9-17(15)27-13-18(24)22-16-8-5-6-14(10-16)12-23-19(25)11-21-20(23)26/h3-10H,2,11-13H2,1H3,(H,21,26)(H,22,24). The maximum absolute atomic E-state index is 12.2. The average molecular weight is 367 g/mol. The maximum Gasteiger partial charge on any atom is 0.324 e.